The second-order valence-electron chi connectivity index (χ2n) is 10.1. The molecule has 0 aliphatic carbocycles. The number of hydrogen-bond acceptors (Lipinski definition) is 6. The average Bonchev–Trinajstić information content (AvgIpc) is 3.01. The lowest BCUT2D eigenvalue weighted by molar-refractivity contribution is -0.140. The Balaban J connectivity index is 2.09. The Bertz CT molecular complexity index is 1520. The quantitative estimate of drug-likeness (QED) is 0.173. The molecule has 3 aromatic carbocycles. The maximum atomic E-state index is 14.3. The number of carbonyl (C=O) groups is 2. The maximum absolute atomic E-state index is 14.3. The molecule has 0 fully saturated rings. The number of sulfonamides is 1. The van der Waals surface area contributed by atoms with Crippen LogP contribution in [0.3, 0.4) is 0 Å². The second kappa shape index (κ2) is 16.4. The summed E-state index contributed by atoms with van der Waals surface area (Å²) in [7, 11) is -4.20. The molecule has 0 heterocycles. The van der Waals surface area contributed by atoms with Crippen molar-refractivity contribution in [2.24, 2.45) is 0 Å². The van der Waals surface area contributed by atoms with Crippen LogP contribution < -0.4 is 14.4 Å². The van der Waals surface area contributed by atoms with Gasteiger partial charge in [0.1, 0.15) is 18.3 Å². The molecule has 3 aromatic rings. The first-order valence-corrected chi connectivity index (χ1v) is 17.8. The van der Waals surface area contributed by atoms with Crippen molar-refractivity contribution in [1.82, 2.24) is 10.2 Å². The van der Waals surface area contributed by atoms with Crippen LogP contribution in [0.4, 0.5) is 5.69 Å². The molecular formula is C32H39Cl2N3O5S2. The Labute approximate surface area is 275 Å². The van der Waals surface area contributed by atoms with Crippen LogP contribution in [0.5, 0.6) is 5.75 Å². The number of nitrogens with one attached hydrogen (secondary N) is 1. The van der Waals surface area contributed by atoms with E-state index in [1.165, 1.54) is 28.8 Å². The highest BCUT2D eigenvalue weighted by Crippen LogP contribution is 2.29. The van der Waals surface area contributed by atoms with E-state index in [0.29, 0.717) is 40.8 Å². The van der Waals surface area contributed by atoms with Gasteiger partial charge in [0.15, 0.2) is 0 Å². The Hall–Kier alpha value is -2.92. The molecule has 0 saturated carbocycles. The van der Waals surface area contributed by atoms with Gasteiger partial charge in [-0.25, -0.2) is 8.42 Å². The van der Waals surface area contributed by atoms with Gasteiger partial charge in [-0.1, -0.05) is 43.1 Å². The summed E-state index contributed by atoms with van der Waals surface area (Å²) in [6, 6.07) is 16.9. The SMILES string of the molecule is CCOc1ccc(N(CC(=O)N(Cc2ccc(Cl)cc2Cl)[C@@H](CC)C(=O)N[C@H](C)CC)S(=O)(=O)c2ccc(SC)cc2)cc1. The molecular weight excluding hydrogens is 641 g/mol. The highest BCUT2D eigenvalue weighted by atomic mass is 35.5. The van der Waals surface area contributed by atoms with Gasteiger partial charge in [0, 0.05) is 27.5 Å². The number of carbonyl (C=O) groups excluding carboxylic acids is 2. The van der Waals surface area contributed by atoms with E-state index in [1.807, 2.05) is 27.0 Å². The standard InChI is InChI=1S/C32H39Cl2N3O5S2/c1-6-22(4)35-32(39)30(7-2)36(20-23-9-10-24(33)19-29(23)34)31(38)21-37(25-11-13-26(14-12-25)42-8-3)44(40,41)28-17-15-27(43-5)16-18-28/h9-19,22,30H,6-8,20-21H2,1-5H3,(H,35,39)/t22-,30+/m1/s1. The van der Waals surface area contributed by atoms with Crippen LogP contribution in [-0.2, 0) is 26.2 Å². The second-order valence-corrected chi connectivity index (χ2v) is 13.7. The molecule has 3 rings (SSSR count). The third-order valence-corrected chi connectivity index (χ3v) is 10.2. The van der Waals surface area contributed by atoms with Crippen molar-refractivity contribution < 1.29 is 22.7 Å². The predicted octanol–water partition coefficient (Wildman–Crippen LogP) is 7.03. The highest BCUT2D eigenvalue weighted by molar-refractivity contribution is 7.98. The minimum Gasteiger partial charge on any atom is -0.494 e. The van der Waals surface area contributed by atoms with Gasteiger partial charge in [-0.3, -0.25) is 13.9 Å². The zero-order chi connectivity index (χ0) is 32.4. The molecule has 0 aliphatic heterocycles. The summed E-state index contributed by atoms with van der Waals surface area (Å²) in [6.07, 6.45) is 2.90. The van der Waals surface area contributed by atoms with E-state index >= 15 is 0 Å². The molecule has 0 radical (unpaired) electrons. The summed E-state index contributed by atoms with van der Waals surface area (Å²) >= 11 is 14.1. The van der Waals surface area contributed by atoms with Crippen molar-refractivity contribution in [2.45, 2.75) is 69.0 Å². The number of rotatable bonds is 15. The normalized spacial score (nSPS) is 12.7. The number of amides is 2. The van der Waals surface area contributed by atoms with Crippen LogP contribution in [0.25, 0.3) is 0 Å². The Morgan fingerprint density at radius 2 is 1.61 bits per heavy atom. The lowest BCUT2D eigenvalue weighted by Crippen LogP contribution is -2.53. The largest absolute Gasteiger partial charge is 0.494 e. The molecule has 44 heavy (non-hydrogen) atoms. The molecule has 0 spiro atoms. The fraction of sp³-hybridized carbons (Fsp3) is 0.375. The third-order valence-electron chi connectivity index (χ3n) is 7.10. The van der Waals surface area contributed by atoms with E-state index < -0.39 is 28.5 Å². The van der Waals surface area contributed by atoms with E-state index in [9.17, 15) is 18.0 Å². The van der Waals surface area contributed by atoms with Gasteiger partial charge in [-0.15, -0.1) is 11.8 Å². The summed E-state index contributed by atoms with van der Waals surface area (Å²) in [4.78, 5) is 30.0. The Kier molecular flexibility index (Phi) is 13.3. The van der Waals surface area contributed by atoms with Crippen LogP contribution in [-0.4, -0.2) is 56.6 Å². The van der Waals surface area contributed by atoms with E-state index in [0.717, 1.165) is 9.20 Å². The average molecular weight is 681 g/mol. The van der Waals surface area contributed by atoms with Crippen LogP contribution in [0.2, 0.25) is 10.0 Å². The smallest absolute Gasteiger partial charge is 0.264 e. The number of nitrogens with zero attached hydrogens (tertiary/aromatic N) is 2. The van der Waals surface area contributed by atoms with Crippen LogP contribution in [0, 0.1) is 0 Å². The van der Waals surface area contributed by atoms with Crippen molar-refractivity contribution in [1.29, 1.82) is 0 Å². The molecule has 0 aromatic heterocycles. The van der Waals surface area contributed by atoms with E-state index in [4.69, 9.17) is 27.9 Å². The van der Waals surface area contributed by atoms with Gasteiger partial charge >= 0.3 is 0 Å². The van der Waals surface area contributed by atoms with Gasteiger partial charge in [0.05, 0.1) is 17.2 Å². The molecule has 0 saturated heterocycles. The number of benzene rings is 3. The summed E-state index contributed by atoms with van der Waals surface area (Å²) in [5.74, 6) is -0.334. The summed E-state index contributed by atoms with van der Waals surface area (Å²) < 4.78 is 34.8. The predicted molar refractivity (Wildman–Crippen MR) is 179 cm³/mol. The molecule has 0 aliphatic rings. The van der Waals surface area contributed by atoms with Crippen molar-refractivity contribution in [3.05, 3.63) is 82.3 Å². The fourth-order valence-electron chi connectivity index (χ4n) is 4.47. The van der Waals surface area contributed by atoms with E-state index in [1.54, 1.807) is 61.5 Å². The number of halogens is 2. The van der Waals surface area contributed by atoms with Crippen molar-refractivity contribution in [3.8, 4) is 5.75 Å². The highest BCUT2D eigenvalue weighted by Gasteiger charge is 2.34. The first-order valence-electron chi connectivity index (χ1n) is 14.4. The number of hydrogen-bond donors (Lipinski definition) is 1. The van der Waals surface area contributed by atoms with Gasteiger partial charge < -0.3 is 15.0 Å². The minimum atomic E-state index is -4.20. The van der Waals surface area contributed by atoms with Crippen LogP contribution in [0.1, 0.15) is 46.1 Å². The first-order chi connectivity index (χ1) is 20.9. The van der Waals surface area contributed by atoms with Crippen LogP contribution in [0.15, 0.2) is 76.5 Å². The Morgan fingerprint density at radius 3 is 2.16 bits per heavy atom. The maximum Gasteiger partial charge on any atom is 0.264 e. The van der Waals surface area contributed by atoms with Crippen LogP contribution >= 0.6 is 35.0 Å². The summed E-state index contributed by atoms with van der Waals surface area (Å²) in [6.45, 7) is 7.35. The first kappa shape index (κ1) is 35.6. The lowest BCUT2D eigenvalue weighted by Gasteiger charge is -2.34. The molecule has 1 N–H and O–H groups in total. The van der Waals surface area contributed by atoms with Crippen molar-refractivity contribution >= 4 is 62.5 Å². The van der Waals surface area contributed by atoms with Crippen molar-refractivity contribution in [2.75, 3.05) is 23.7 Å². The summed E-state index contributed by atoms with van der Waals surface area (Å²) in [5.41, 5.74) is 0.847. The molecule has 0 bridgehead atoms. The molecule has 2 amide bonds. The third kappa shape index (κ3) is 9.06. The molecule has 0 unspecified atom stereocenters. The van der Waals surface area contributed by atoms with Gasteiger partial charge in [0.2, 0.25) is 11.8 Å². The molecule has 238 valence electrons. The Morgan fingerprint density at radius 1 is 0.955 bits per heavy atom. The molecule has 2 atom stereocenters. The van der Waals surface area contributed by atoms with Crippen molar-refractivity contribution in [3.63, 3.8) is 0 Å². The molecule has 12 heteroatoms. The fourth-order valence-corrected chi connectivity index (χ4v) is 6.76. The van der Waals surface area contributed by atoms with Gasteiger partial charge in [-0.05, 0) is 99.2 Å². The monoisotopic (exact) mass is 679 g/mol. The zero-order valence-electron chi connectivity index (χ0n) is 25.5. The van der Waals surface area contributed by atoms with Gasteiger partial charge in [0.25, 0.3) is 10.0 Å². The summed E-state index contributed by atoms with van der Waals surface area (Å²) in [5, 5.41) is 3.72. The number of anilines is 1. The molecule has 8 nitrogen and oxygen atoms in total. The number of ether oxygens (including phenoxy) is 1. The van der Waals surface area contributed by atoms with E-state index in [-0.39, 0.29) is 29.1 Å². The minimum absolute atomic E-state index is 0.0269. The topological polar surface area (TPSA) is 96.0 Å². The number of thioether (sulfide) groups is 1. The van der Waals surface area contributed by atoms with Gasteiger partial charge in [-0.2, -0.15) is 0 Å². The van der Waals surface area contributed by atoms with E-state index in [2.05, 4.69) is 5.32 Å². The lowest BCUT2D eigenvalue weighted by atomic mass is 10.1. The zero-order valence-corrected chi connectivity index (χ0v) is 28.7.